The molecule has 5 rings (SSSR count). The van der Waals surface area contributed by atoms with E-state index >= 15 is 0 Å². The Morgan fingerprint density at radius 2 is 1.74 bits per heavy atom. The van der Waals surface area contributed by atoms with Gasteiger partial charge >= 0.3 is 0 Å². The minimum absolute atomic E-state index is 0.0931. The van der Waals surface area contributed by atoms with Crippen molar-refractivity contribution in [3.8, 4) is 17.1 Å². The van der Waals surface area contributed by atoms with Crippen LogP contribution in [0.1, 0.15) is 30.8 Å². The Hall–Kier alpha value is -3.47. The largest absolute Gasteiger partial charge is 0.368 e. The van der Waals surface area contributed by atoms with Crippen molar-refractivity contribution in [2.24, 2.45) is 0 Å². The van der Waals surface area contributed by atoms with E-state index in [9.17, 15) is 4.79 Å². The SMILES string of the molecule is Nc1nc(N)nc(CSc2nc3nn(-c4ccccc4)c(=O)c-3c3n2CCCCC3)n1. The summed E-state index contributed by atoms with van der Waals surface area (Å²) < 4.78 is 3.58. The lowest BCUT2D eigenvalue weighted by Crippen LogP contribution is -2.19. The number of fused-ring (bicyclic) bond motifs is 3. The van der Waals surface area contributed by atoms with Crippen molar-refractivity contribution in [2.45, 2.75) is 43.1 Å². The first-order valence-corrected chi connectivity index (χ1v) is 11.1. The molecule has 1 aromatic heterocycles. The van der Waals surface area contributed by atoms with E-state index in [1.165, 1.54) is 16.4 Å². The van der Waals surface area contributed by atoms with Gasteiger partial charge in [-0.2, -0.15) is 19.6 Å². The topological polar surface area (TPSA) is 143 Å². The first-order valence-electron chi connectivity index (χ1n) is 10.1. The molecular formula is C20H21N9OS. The van der Waals surface area contributed by atoms with Crippen molar-refractivity contribution >= 4 is 23.7 Å². The van der Waals surface area contributed by atoms with Gasteiger partial charge in [-0.3, -0.25) is 4.79 Å². The van der Waals surface area contributed by atoms with E-state index in [0.29, 0.717) is 23.0 Å². The molecule has 1 aromatic carbocycles. The van der Waals surface area contributed by atoms with Crippen molar-refractivity contribution in [1.29, 1.82) is 0 Å². The maximum Gasteiger partial charge on any atom is 0.284 e. The summed E-state index contributed by atoms with van der Waals surface area (Å²) in [5, 5.41) is 5.33. The quantitative estimate of drug-likeness (QED) is 0.363. The molecule has 2 aromatic rings. The second kappa shape index (κ2) is 7.99. The van der Waals surface area contributed by atoms with Crippen molar-refractivity contribution in [1.82, 2.24) is 34.3 Å². The predicted octanol–water partition coefficient (Wildman–Crippen LogP) is 1.90. The average Bonchev–Trinajstić information content (AvgIpc) is 2.92. The molecule has 11 heteroatoms. The van der Waals surface area contributed by atoms with Crippen LogP contribution in [0.2, 0.25) is 0 Å². The van der Waals surface area contributed by atoms with Gasteiger partial charge in [0.15, 0.2) is 11.0 Å². The highest BCUT2D eigenvalue weighted by molar-refractivity contribution is 7.98. The van der Waals surface area contributed by atoms with E-state index in [2.05, 4.69) is 24.6 Å². The van der Waals surface area contributed by atoms with E-state index in [0.717, 1.165) is 48.8 Å². The summed E-state index contributed by atoms with van der Waals surface area (Å²) in [5.41, 5.74) is 13.6. The zero-order valence-electron chi connectivity index (χ0n) is 16.7. The van der Waals surface area contributed by atoms with Gasteiger partial charge < -0.3 is 16.0 Å². The van der Waals surface area contributed by atoms with Crippen molar-refractivity contribution in [2.75, 3.05) is 11.5 Å². The van der Waals surface area contributed by atoms with Crippen LogP contribution in [0.3, 0.4) is 0 Å². The highest BCUT2D eigenvalue weighted by Crippen LogP contribution is 2.31. The molecule has 0 amide bonds. The Labute approximate surface area is 182 Å². The van der Waals surface area contributed by atoms with Crippen LogP contribution in [0.5, 0.6) is 0 Å². The lowest BCUT2D eigenvalue weighted by Gasteiger charge is -2.17. The number of thioether (sulfide) groups is 1. The average molecular weight is 436 g/mol. The van der Waals surface area contributed by atoms with Crippen molar-refractivity contribution in [3.63, 3.8) is 0 Å². The Bertz CT molecular complexity index is 1250. The third-order valence-corrected chi connectivity index (χ3v) is 6.19. The summed E-state index contributed by atoms with van der Waals surface area (Å²) in [6.07, 6.45) is 3.98. The number of para-hydroxylation sites is 1. The molecule has 0 fully saturated rings. The lowest BCUT2D eigenvalue weighted by molar-refractivity contribution is 0.571. The van der Waals surface area contributed by atoms with Crippen molar-refractivity contribution in [3.05, 3.63) is 52.2 Å². The van der Waals surface area contributed by atoms with Crippen LogP contribution >= 0.6 is 11.8 Å². The summed E-state index contributed by atoms with van der Waals surface area (Å²) in [7, 11) is 0. The fraction of sp³-hybridized carbons (Fsp3) is 0.300. The molecule has 158 valence electrons. The molecule has 10 nitrogen and oxygen atoms in total. The highest BCUT2D eigenvalue weighted by atomic mass is 32.2. The van der Waals surface area contributed by atoms with E-state index in [1.807, 2.05) is 30.3 Å². The zero-order valence-corrected chi connectivity index (χ0v) is 17.5. The molecule has 3 aliphatic rings. The number of hydrogen-bond donors (Lipinski definition) is 2. The molecule has 0 unspecified atom stereocenters. The number of nitrogens with two attached hydrogens (primary N) is 2. The molecule has 3 aliphatic heterocycles. The molecular weight excluding hydrogens is 414 g/mol. The fourth-order valence-electron chi connectivity index (χ4n) is 3.86. The lowest BCUT2D eigenvalue weighted by atomic mass is 10.1. The summed E-state index contributed by atoms with van der Waals surface area (Å²) >= 11 is 1.48. The molecule has 0 radical (unpaired) electrons. The number of anilines is 2. The van der Waals surface area contributed by atoms with Gasteiger partial charge in [0.05, 0.1) is 11.4 Å². The number of aromatic nitrogens is 7. The molecule has 0 bridgehead atoms. The van der Waals surface area contributed by atoms with Crippen LogP contribution in [-0.2, 0) is 18.7 Å². The maximum absolute atomic E-state index is 13.3. The number of nitrogens with zero attached hydrogens (tertiary/aromatic N) is 7. The van der Waals surface area contributed by atoms with Gasteiger partial charge in [0, 0.05) is 12.2 Å². The minimum Gasteiger partial charge on any atom is -0.368 e. The van der Waals surface area contributed by atoms with Gasteiger partial charge in [-0.1, -0.05) is 36.4 Å². The molecule has 31 heavy (non-hydrogen) atoms. The molecule has 0 saturated heterocycles. The van der Waals surface area contributed by atoms with Crippen LogP contribution in [-0.4, -0.2) is 34.3 Å². The van der Waals surface area contributed by atoms with Gasteiger partial charge in [0.1, 0.15) is 11.4 Å². The molecule has 0 spiro atoms. The Kier molecular flexibility index (Phi) is 5.02. The minimum atomic E-state index is -0.131. The first kappa shape index (κ1) is 19.5. The second-order valence-corrected chi connectivity index (χ2v) is 8.25. The van der Waals surface area contributed by atoms with Gasteiger partial charge in [0.25, 0.3) is 5.56 Å². The first-order chi connectivity index (χ1) is 15.1. The summed E-state index contributed by atoms with van der Waals surface area (Å²) in [6, 6.07) is 9.41. The molecule has 0 atom stereocenters. The molecule has 4 N–H and O–H groups in total. The summed E-state index contributed by atoms with van der Waals surface area (Å²) in [6.45, 7) is 0.804. The number of benzene rings is 1. The van der Waals surface area contributed by atoms with Gasteiger partial charge in [-0.05, 0) is 31.4 Å². The van der Waals surface area contributed by atoms with Crippen LogP contribution in [0.15, 0.2) is 40.3 Å². The van der Waals surface area contributed by atoms with E-state index < -0.39 is 0 Å². The third kappa shape index (κ3) is 3.72. The smallest absolute Gasteiger partial charge is 0.284 e. The predicted molar refractivity (Wildman–Crippen MR) is 118 cm³/mol. The zero-order chi connectivity index (χ0) is 21.4. The van der Waals surface area contributed by atoms with Crippen LogP contribution in [0.25, 0.3) is 17.1 Å². The number of rotatable bonds is 4. The Morgan fingerprint density at radius 1 is 0.968 bits per heavy atom. The second-order valence-electron chi connectivity index (χ2n) is 7.31. The van der Waals surface area contributed by atoms with Gasteiger partial charge in [-0.15, -0.1) is 5.10 Å². The highest BCUT2D eigenvalue weighted by Gasteiger charge is 2.27. The van der Waals surface area contributed by atoms with Crippen molar-refractivity contribution < 1.29 is 0 Å². The summed E-state index contributed by atoms with van der Waals surface area (Å²) in [5.74, 6) is 1.56. The summed E-state index contributed by atoms with van der Waals surface area (Å²) in [4.78, 5) is 30.1. The van der Waals surface area contributed by atoms with Crippen LogP contribution in [0.4, 0.5) is 11.9 Å². The Balaban J connectivity index is 1.60. The molecule has 0 saturated carbocycles. The van der Waals surface area contributed by atoms with Gasteiger partial charge in [0.2, 0.25) is 11.9 Å². The Morgan fingerprint density at radius 3 is 2.52 bits per heavy atom. The molecule has 0 aliphatic carbocycles. The monoisotopic (exact) mass is 435 g/mol. The molecule has 4 heterocycles. The normalized spacial score (nSPS) is 13.8. The van der Waals surface area contributed by atoms with Crippen LogP contribution in [0, 0.1) is 0 Å². The number of nitrogen functional groups attached to an aromatic ring is 2. The van der Waals surface area contributed by atoms with Gasteiger partial charge in [-0.25, -0.2) is 4.98 Å². The third-order valence-electron chi connectivity index (χ3n) is 5.21. The maximum atomic E-state index is 13.3. The number of hydrogen-bond acceptors (Lipinski definition) is 9. The van der Waals surface area contributed by atoms with E-state index in [4.69, 9.17) is 16.5 Å². The van der Waals surface area contributed by atoms with E-state index in [-0.39, 0.29) is 17.5 Å². The standard InChI is InChI=1S/C20H21N9OS/c21-18-23-14(24-19(22)26-18)11-31-20-25-16-15(13-9-5-2-6-10-28(13)20)17(30)29(27-16)12-7-3-1-4-8-12/h1,3-4,7-8H,2,5-6,9-11H2,(H4,21,22,23,24,26). The van der Waals surface area contributed by atoms with Crippen LogP contribution < -0.4 is 17.0 Å². The fourth-order valence-corrected chi connectivity index (χ4v) is 4.75. The van der Waals surface area contributed by atoms with E-state index in [1.54, 1.807) is 0 Å².